The summed E-state index contributed by atoms with van der Waals surface area (Å²) in [5.41, 5.74) is 3.46. The molecule has 0 fully saturated rings. The molecule has 1 N–H and O–H groups in total. The molecule has 4 heteroatoms. The van der Waals surface area contributed by atoms with E-state index >= 15 is 0 Å². The van der Waals surface area contributed by atoms with Crippen molar-refractivity contribution in [2.24, 2.45) is 7.05 Å². The summed E-state index contributed by atoms with van der Waals surface area (Å²) >= 11 is 0. The zero-order chi connectivity index (χ0) is 13.7. The van der Waals surface area contributed by atoms with Crippen LogP contribution in [0.1, 0.15) is 23.7 Å². The third-order valence-corrected chi connectivity index (χ3v) is 3.02. The molecule has 102 valence electrons. The summed E-state index contributed by atoms with van der Waals surface area (Å²) in [4.78, 5) is 0. The van der Waals surface area contributed by atoms with E-state index in [0.717, 1.165) is 24.7 Å². The van der Waals surface area contributed by atoms with Gasteiger partial charge in [0, 0.05) is 19.7 Å². The lowest BCUT2D eigenvalue weighted by Crippen LogP contribution is -2.14. The van der Waals surface area contributed by atoms with Crippen LogP contribution >= 0.6 is 0 Å². The summed E-state index contributed by atoms with van der Waals surface area (Å²) in [6.45, 7) is 6.49. The Morgan fingerprint density at radius 3 is 2.63 bits per heavy atom. The topological polar surface area (TPSA) is 39.1 Å². The average molecular weight is 259 g/mol. The SMILES string of the molecule is CCNCc1ccccc1COc1cc(C)nn1C. The van der Waals surface area contributed by atoms with Crippen molar-refractivity contribution >= 4 is 0 Å². The summed E-state index contributed by atoms with van der Waals surface area (Å²) in [5, 5.41) is 7.62. The highest BCUT2D eigenvalue weighted by atomic mass is 16.5. The lowest BCUT2D eigenvalue weighted by molar-refractivity contribution is 0.277. The van der Waals surface area contributed by atoms with Crippen molar-refractivity contribution in [3.05, 3.63) is 47.2 Å². The highest BCUT2D eigenvalue weighted by Gasteiger charge is 2.06. The molecule has 4 nitrogen and oxygen atoms in total. The molecule has 19 heavy (non-hydrogen) atoms. The fourth-order valence-electron chi connectivity index (χ4n) is 2.00. The molecular formula is C15H21N3O. The molecule has 0 unspecified atom stereocenters. The molecule has 1 heterocycles. The number of hydrogen-bond donors (Lipinski definition) is 1. The van der Waals surface area contributed by atoms with Crippen LogP contribution in [-0.2, 0) is 20.2 Å². The smallest absolute Gasteiger partial charge is 0.212 e. The second-order valence-corrected chi connectivity index (χ2v) is 4.59. The molecule has 0 radical (unpaired) electrons. The third-order valence-electron chi connectivity index (χ3n) is 3.02. The van der Waals surface area contributed by atoms with Crippen molar-refractivity contribution < 1.29 is 4.74 Å². The Balaban J connectivity index is 2.04. The van der Waals surface area contributed by atoms with E-state index < -0.39 is 0 Å². The Hall–Kier alpha value is -1.81. The van der Waals surface area contributed by atoms with E-state index in [-0.39, 0.29) is 0 Å². The van der Waals surface area contributed by atoms with Crippen molar-refractivity contribution in [3.63, 3.8) is 0 Å². The van der Waals surface area contributed by atoms with Gasteiger partial charge in [-0.25, -0.2) is 4.68 Å². The molecule has 1 aromatic carbocycles. The highest BCUT2D eigenvalue weighted by molar-refractivity contribution is 5.27. The van der Waals surface area contributed by atoms with Gasteiger partial charge >= 0.3 is 0 Å². The van der Waals surface area contributed by atoms with Crippen LogP contribution in [0.25, 0.3) is 0 Å². The van der Waals surface area contributed by atoms with Gasteiger partial charge in [0.05, 0.1) is 5.69 Å². The minimum atomic E-state index is 0.570. The molecule has 0 atom stereocenters. The zero-order valence-electron chi connectivity index (χ0n) is 11.8. The minimum Gasteiger partial charge on any atom is -0.473 e. The van der Waals surface area contributed by atoms with Crippen LogP contribution in [0.4, 0.5) is 0 Å². The fourth-order valence-corrected chi connectivity index (χ4v) is 2.00. The van der Waals surface area contributed by atoms with Gasteiger partial charge in [-0.1, -0.05) is 31.2 Å². The van der Waals surface area contributed by atoms with E-state index in [1.54, 1.807) is 4.68 Å². The summed E-state index contributed by atoms with van der Waals surface area (Å²) in [6.07, 6.45) is 0. The summed E-state index contributed by atoms with van der Waals surface area (Å²) in [6, 6.07) is 10.3. The van der Waals surface area contributed by atoms with E-state index in [2.05, 4.69) is 35.5 Å². The number of ether oxygens (including phenoxy) is 1. The number of aromatic nitrogens is 2. The normalized spacial score (nSPS) is 10.7. The summed E-state index contributed by atoms with van der Waals surface area (Å²) in [5.74, 6) is 0.802. The van der Waals surface area contributed by atoms with Crippen LogP contribution in [0.5, 0.6) is 5.88 Å². The van der Waals surface area contributed by atoms with Crippen molar-refractivity contribution in [1.82, 2.24) is 15.1 Å². The minimum absolute atomic E-state index is 0.570. The van der Waals surface area contributed by atoms with Crippen molar-refractivity contribution in [3.8, 4) is 5.88 Å². The van der Waals surface area contributed by atoms with Crippen LogP contribution in [0.3, 0.4) is 0 Å². The molecule has 2 rings (SSSR count). The van der Waals surface area contributed by atoms with Gasteiger partial charge in [-0.2, -0.15) is 5.10 Å². The third kappa shape index (κ3) is 3.58. The number of hydrogen-bond acceptors (Lipinski definition) is 3. The number of nitrogens with zero attached hydrogens (tertiary/aromatic N) is 2. The van der Waals surface area contributed by atoms with E-state index in [1.807, 2.05) is 26.1 Å². The van der Waals surface area contributed by atoms with Crippen LogP contribution in [-0.4, -0.2) is 16.3 Å². The molecular weight excluding hydrogens is 238 g/mol. The quantitative estimate of drug-likeness (QED) is 0.866. The molecule has 0 saturated heterocycles. The molecule has 1 aromatic heterocycles. The largest absolute Gasteiger partial charge is 0.473 e. The standard InChI is InChI=1S/C15H21N3O/c1-4-16-10-13-7-5-6-8-14(13)11-19-15-9-12(2)17-18(15)3/h5-9,16H,4,10-11H2,1-3H3. The number of nitrogens with one attached hydrogen (secondary N) is 1. The van der Waals surface area contributed by atoms with Gasteiger partial charge in [0.1, 0.15) is 6.61 Å². The van der Waals surface area contributed by atoms with Gasteiger partial charge in [0.15, 0.2) is 0 Å². The molecule has 0 aliphatic carbocycles. The molecule has 0 bridgehead atoms. The maximum Gasteiger partial charge on any atom is 0.212 e. The molecule has 0 aliphatic heterocycles. The predicted molar refractivity (Wildman–Crippen MR) is 76.1 cm³/mol. The predicted octanol–water partition coefficient (Wildman–Crippen LogP) is 2.42. The first-order valence-electron chi connectivity index (χ1n) is 6.61. The molecule has 2 aromatic rings. The van der Waals surface area contributed by atoms with Crippen LogP contribution in [0.2, 0.25) is 0 Å². The van der Waals surface area contributed by atoms with Gasteiger partial charge in [-0.05, 0) is 24.6 Å². The number of benzene rings is 1. The van der Waals surface area contributed by atoms with Crippen LogP contribution < -0.4 is 10.1 Å². The zero-order valence-corrected chi connectivity index (χ0v) is 11.8. The first kappa shape index (κ1) is 13.6. The average Bonchev–Trinajstić information content (AvgIpc) is 2.73. The maximum atomic E-state index is 5.84. The van der Waals surface area contributed by atoms with Crippen LogP contribution in [0, 0.1) is 6.92 Å². The van der Waals surface area contributed by atoms with Gasteiger partial charge in [0.2, 0.25) is 5.88 Å². The van der Waals surface area contributed by atoms with E-state index in [9.17, 15) is 0 Å². The molecule has 0 saturated carbocycles. The fraction of sp³-hybridized carbons (Fsp3) is 0.400. The van der Waals surface area contributed by atoms with Crippen molar-refractivity contribution in [2.45, 2.75) is 27.0 Å². The van der Waals surface area contributed by atoms with E-state index in [0.29, 0.717) is 6.61 Å². The van der Waals surface area contributed by atoms with Crippen molar-refractivity contribution in [2.75, 3.05) is 6.54 Å². The lowest BCUT2D eigenvalue weighted by Gasteiger charge is -2.11. The molecule has 0 aliphatic rings. The second kappa shape index (κ2) is 6.38. The van der Waals surface area contributed by atoms with Gasteiger partial charge < -0.3 is 10.1 Å². The maximum absolute atomic E-state index is 5.84. The Labute approximate surface area is 114 Å². The summed E-state index contributed by atoms with van der Waals surface area (Å²) < 4.78 is 7.60. The molecule has 0 spiro atoms. The van der Waals surface area contributed by atoms with Gasteiger partial charge in [0.25, 0.3) is 0 Å². The van der Waals surface area contributed by atoms with Crippen molar-refractivity contribution in [1.29, 1.82) is 0 Å². The molecule has 0 amide bonds. The first-order chi connectivity index (χ1) is 9.20. The Kier molecular flexibility index (Phi) is 4.58. The number of rotatable bonds is 6. The van der Waals surface area contributed by atoms with E-state index in [1.165, 1.54) is 11.1 Å². The number of aryl methyl sites for hydroxylation is 2. The second-order valence-electron chi connectivity index (χ2n) is 4.59. The van der Waals surface area contributed by atoms with E-state index in [4.69, 9.17) is 4.74 Å². The van der Waals surface area contributed by atoms with Gasteiger partial charge in [-0.3, -0.25) is 0 Å². The summed E-state index contributed by atoms with van der Waals surface area (Å²) in [7, 11) is 1.90. The van der Waals surface area contributed by atoms with Crippen LogP contribution in [0.15, 0.2) is 30.3 Å². The monoisotopic (exact) mass is 259 g/mol. The Morgan fingerprint density at radius 1 is 1.26 bits per heavy atom. The van der Waals surface area contributed by atoms with Gasteiger partial charge in [-0.15, -0.1) is 0 Å². The lowest BCUT2D eigenvalue weighted by atomic mass is 10.1. The Bertz CT molecular complexity index is 534. The Morgan fingerprint density at radius 2 is 2.00 bits per heavy atom. The highest BCUT2D eigenvalue weighted by Crippen LogP contribution is 2.15. The first-order valence-corrected chi connectivity index (χ1v) is 6.61.